The van der Waals surface area contributed by atoms with E-state index in [1.165, 1.54) is 5.56 Å². The molecule has 0 saturated carbocycles. The van der Waals surface area contributed by atoms with E-state index in [-0.39, 0.29) is 6.10 Å². The van der Waals surface area contributed by atoms with Crippen LogP contribution in [0.5, 0.6) is 5.75 Å². The van der Waals surface area contributed by atoms with Gasteiger partial charge in [-0.05, 0) is 37.5 Å². The second-order valence-electron chi connectivity index (χ2n) is 4.91. The molecule has 1 aliphatic heterocycles. The number of hydrogen-bond donors (Lipinski definition) is 1. The van der Waals surface area contributed by atoms with Crippen LogP contribution in [0.25, 0.3) is 0 Å². The molecule has 0 spiro atoms. The molecule has 0 atom stereocenters. The van der Waals surface area contributed by atoms with Crippen molar-refractivity contribution in [2.24, 2.45) is 5.16 Å². The molecule has 104 valence electrons. The van der Waals surface area contributed by atoms with Crippen molar-refractivity contribution < 1.29 is 14.7 Å². The lowest BCUT2D eigenvalue weighted by molar-refractivity contribution is 0.0255. The van der Waals surface area contributed by atoms with E-state index in [1.807, 2.05) is 19.1 Å². The highest BCUT2D eigenvalue weighted by Gasteiger charge is 2.14. The summed E-state index contributed by atoms with van der Waals surface area (Å²) in [4.78, 5) is 0. The van der Waals surface area contributed by atoms with Crippen LogP contribution in [0.1, 0.15) is 31.7 Å². The maximum atomic E-state index is 8.60. The van der Waals surface area contributed by atoms with E-state index in [0.717, 1.165) is 50.4 Å². The van der Waals surface area contributed by atoms with Gasteiger partial charge in [-0.3, -0.25) is 0 Å². The number of nitrogens with zero attached hydrogens (tertiary/aromatic N) is 1. The van der Waals surface area contributed by atoms with E-state index in [0.29, 0.717) is 0 Å². The molecule has 0 unspecified atom stereocenters. The van der Waals surface area contributed by atoms with Crippen molar-refractivity contribution in [3.8, 4) is 5.75 Å². The van der Waals surface area contributed by atoms with Gasteiger partial charge in [0.1, 0.15) is 11.9 Å². The van der Waals surface area contributed by atoms with Gasteiger partial charge in [0.15, 0.2) is 0 Å². The maximum absolute atomic E-state index is 8.60. The highest BCUT2D eigenvalue weighted by atomic mass is 16.5. The van der Waals surface area contributed by atoms with Crippen LogP contribution in [-0.2, 0) is 11.2 Å². The second kappa shape index (κ2) is 7.14. The van der Waals surface area contributed by atoms with Crippen molar-refractivity contribution in [2.45, 2.75) is 38.7 Å². The molecule has 1 aromatic rings. The first kappa shape index (κ1) is 13.9. The minimum Gasteiger partial charge on any atom is -0.490 e. The summed E-state index contributed by atoms with van der Waals surface area (Å²) in [6, 6.07) is 8.16. The first-order chi connectivity index (χ1) is 9.28. The van der Waals surface area contributed by atoms with Crippen LogP contribution < -0.4 is 4.74 Å². The maximum Gasteiger partial charge on any atom is 0.119 e. The molecule has 0 radical (unpaired) electrons. The summed E-state index contributed by atoms with van der Waals surface area (Å²) in [5.41, 5.74) is 1.98. The van der Waals surface area contributed by atoms with Crippen LogP contribution in [-0.4, -0.2) is 30.2 Å². The predicted molar refractivity (Wildman–Crippen MR) is 74.1 cm³/mol. The molecule has 1 aromatic carbocycles. The van der Waals surface area contributed by atoms with Crippen molar-refractivity contribution in [3.63, 3.8) is 0 Å². The van der Waals surface area contributed by atoms with Gasteiger partial charge in [-0.1, -0.05) is 17.3 Å². The Morgan fingerprint density at radius 3 is 2.63 bits per heavy atom. The van der Waals surface area contributed by atoms with Crippen LogP contribution in [0.15, 0.2) is 29.4 Å². The number of aryl methyl sites for hydroxylation is 1. The van der Waals surface area contributed by atoms with E-state index in [1.54, 1.807) is 0 Å². The Hall–Kier alpha value is -1.55. The average molecular weight is 263 g/mol. The van der Waals surface area contributed by atoms with Gasteiger partial charge in [0, 0.05) is 12.8 Å². The number of oxime groups is 1. The van der Waals surface area contributed by atoms with Gasteiger partial charge in [0.05, 0.1) is 18.9 Å². The monoisotopic (exact) mass is 263 g/mol. The summed E-state index contributed by atoms with van der Waals surface area (Å²) >= 11 is 0. The average Bonchev–Trinajstić information content (AvgIpc) is 2.47. The van der Waals surface area contributed by atoms with Crippen LogP contribution >= 0.6 is 0 Å². The number of ether oxygens (including phenoxy) is 2. The minimum atomic E-state index is 0.281. The van der Waals surface area contributed by atoms with Crippen LogP contribution in [0.3, 0.4) is 0 Å². The SMILES string of the molecule is CC(CCc1ccc(OC2CCOCC2)cc1)=NO. The molecular weight excluding hydrogens is 242 g/mol. The lowest BCUT2D eigenvalue weighted by Crippen LogP contribution is -2.25. The highest BCUT2D eigenvalue weighted by molar-refractivity contribution is 5.81. The highest BCUT2D eigenvalue weighted by Crippen LogP contribution is 2.19. The van der Waals surface area contributed by atoms with Crippen molar-refractivity contribution in [3.05, 3.63) is 29.8 Å². The predicted octanol–water partition coefficient (Wildman–Crippen LogP) is 3.03. The van der Waals surface area contributed by atoms with Crippen molar-refractivity contribution in [1.82, 2.24) is 0 Å². The van der Waals surface area contributed by atoms with Crippen molar-refractivity contribution in [2.75, 3.05) is 13.2 Å². The zero-order valence-corrected chi connectivity index (χ0v) is 11.3. The lowest BCUT2D eigenvalue weighted by atomic mass is 10.1. The fourth-order valence-corrected chi connectivity index (χ4v) is 2.10. The van der Waals surface area contributed by atoms with Crippen molar-refractivity contribution in [1.29, 1.82) is 0 Å². The minimum absolute atomic E-state index is 0.281. The molecule has 1 fully saturated rings. The molecule has 0 aliphatic carbocycles. The quantitative estimate of drug-likeness (QED) is 0.504. The van der Waals surface area contributed by atoms with Crippen LogP contribution in [0.4, 0.5) is 0 Å². The third kappa shape index (κ3) is 4.56. The lowest BCUT2D eigenvalue weighted by Gasteiger charge is -2.23. The largest absolute Gasteiger partial charge is 0.490 e. The summed E-state index contributed by atoms with van der Waals surface area (Å²) in [7, 11) is 0. The van der Waals surface area contributed by atoms with E-state index in [4.69, 9.17) is 14.7 Å². The fraction of sp³-hybridized carbons (Fsp3) is 0.533. The normalized spacial score (nSPS) is 17.4. The molecule has 1 heterocycles. The van der Waals surface area contributed by atoms with Crippen LogP contribution in [0, 0.1) is 0 Å². The summed E-state index contributed by atoms with van der Waals surface area (Å²) in [6.07, 6.45) is 3.87. The molecule has 4 heteroatoms. The van der Waals surface area contributed by atoms with Gasteiger partial charge in [0.25, 0.3) is 0 Å². The van der Waals surface area contributed by atoms with E-state index in [2.05, 4.69) is 17.3 Å². The van der Waals surface area contributed by atoms with Gasteiger partial charge < -0.3 is 14.7 Å². The molecule has 1 saturated heterocycles. The van der Waals surface area contributed by atoms with Gasteiger partial charge in [-0.25, -0.2) is 0 Å². The van der Waals surface area contributed by atoms with Crippen LogP contribution in [0.2, 0.25) is 0 Å². The topological polar surface area (TPSA) is 51.0 Å². The third-order valence-electron chi connectivity index (χ3n) is 3.34. The Balaban J connectivity index is 1.83. The standard InChI is InChI=1S/C15H21NO3/c1-12(16-17)2-3-13-4-6-14(7-5-13)19-15-8-10-18-11-9-15/h4-7,15,17H,2-3,8-11H2,1H3. The Morgan fingerprint density at radius 2 is 2.00 bits per heavy atom. The van der Waals surface area contributed by atoms with Gasteiger partial charge >= 0.3 is 0 Å². The Bertz CT molecular complexity index is 408. The first-order valence-electron chi connectivity index (χ1n) is 6.79. The summed E-state index contributed by atoms with van der Waals surface area (Å²) in [5, 5.41) is 11.8. The molecule has 0 bridgehead atoms. The molecule has 0 aromatic heterocycles. The molecule has 0 amide bonds. The Morgan fingerprint density at radius 1 is 1.32 bits per heavy atom. The van der Waals surface area contributed by atoms with Gasteiger partial charge in [-0.15, -0.1) is 0 Å². The van der Waals surface area contributed by atoms with E-state index >= 15 is 0 Å². The molecule has 1 aliphatic rings. The number of hydrogen-bond acceptors (Lipinski definition) is 4. The smallest absolute Gasteiger partial charge is 0.119 e. The molecular formula is C15H21NO3. The number of benzene rings is 1. The Labute approximate surface area is 114 Å². The zero-order valence-electron chi connectivity index (χ0n) is 11.3. The fourth-order valence-electron chi connectivity index (χ4n) is 2.10. The van der Waals surface area contributed by atoms with Gasteiger partial charge in [0.2, 0.25) is 0 Å². The second-order valence-corrected chi connectivity index (χ2v) is 4.91. The van der Waals surface area contributed by atoms with Gasteiger partial charge in [-0.2, -0.15) is 0 Å². The van der Waals surface area contributed by atoms with E-state index in [9.17, 15) is 0 Å². The molecule has 1 N–H and O–H groups in total. The summed E-state index contributed by atoms with van der Waals surface area (Å²) in [6.45, 7) is 3.41. The summed E-state index contributed by atoms with van der Waals surface area (Å²) in [5.74, 6) is 0.920. The third-order valence-corrected chi connectivity index (χ3v) is 3.34. The summed E-state index contributed by atoms with van der Waals surface area (Å²) < 4.78 is 11.2. The Kier molecular flexibility index (Phi) is 5.21. The van der Waals surface area contributed by atoms with E-state index < -0.39 is 0 Å². The number of rotatable bonds is 5. The zero-order chi connectivity index (χ0) is 13.5. The molecule has 2 rings (SSSR count). The first-order valence-corrected chi connectivity index (χ1v) is 6.79. The van der Waals surface area contributed by atoms with Crippen molar-refractivity contribution >= 4 is 5.71 Å². The molecule has 4 nitrogen and oxygen atoms in total. The molecule has 19 heavy (non-hydrogen) atoms.